The third-order valence-electron chi connectivity index (χ3n) is 3.98. The molecule has 0 amide bonds. The highest BCUT2D eigenvalue weighted by molar-refractivity contribution is 7.83. The standard InChI is InChI=1S/C17H30N2O7S/c1-4-18(10-14(20)12-19(5-2)27(22,23)24)11-15(21)13-26-17-8-6-16(25-3)7-9-17/h6-9,14-15,20-21H,4-5,10-13H2,1-3H3,(H,22,23,24)/t14-,15-/m0/s1. The van der Waals surface area contributed by atoms with Gasteiger partial charge in [0.2, 0.25) is 0 Å². The summed E-state index contributed by atoms with van der Waals surface area (Å²) in [6.45, 7) is 4.30. The summed E-state index contributed by atoms with van der Waals surface area (Å²) in [6, 6.07) is 6.99. The number of hydrogen-bond acceptors (Lipinski definition) is 7. The van der Waals surface area contributed by atoms with Gasteiger partial charge in [-0.05, 0) is 30.8 Å². The number of likely N-dealkylation sites (N-methyl/N-ethyl adjacent to an activating group) is 2. The number of hydrogen-bond donors (Lipinski definition) is 3. The van der Waals surface area contributed by atoms with Gasteiger partial charge >= 0.3 is 10.3 Å². The Morgan fingerprint density at radius 3 is 2.00 bits per heavy atom. The summed E-state index contributed by atoms with van der Waals surface area (Å²) in [6.07, 6.45) is -1.79. The molecule has 0 aromatic heterocycles. The van der Waals surface area contributed by atoms with Crippen molar-refractivity contribution < 1.29 is 32.7 Å². The molecule has 0 unspecified atom stereocenters. The normalized spacial score (nSPS) is 14.4. The molecule has 1 rings (SSSR count). The fourth-order valence-corrected chi connectivity index (χ4v) is 3.21. The molecule has 156 valence electrons. The minimum absolute atomic E-state index is 0.0559. The van der Waals surface area contributed by atoms with Crippen LogP contribution in [0.3, 0.4) is 0 Å². The topological polar surface area (TPSA) is 120 Å². The van der Waals surface area contributed by atoms with Crippen LogP contribution in [-0.2, 0) is 10.3 Å². The number of benzene rings is 1. The summed E-state index contributed by atoms with van der Waals surface area (Å²) in [5, 5.41) is 20.3. The second kappa shape index (κ2) is 11.4. The van der Waals surface area contributed by atoms with Crippen molar-refractivity contribution in [2.24, 2.45) is 0 Å². The smallest absolute Gasteiger partial charge is 0.335 e. The average Bonchev–Trinajstić information content (AvgIpc) is 2.63. The first-order valence-corrected chi connectivity index (χ1v) is 10.2. The van der Waals surface area contributed by atoms with Crippen LogP contribution >= 0.6 is 0 Å². The molecule has 3 N–H and O–H groups in total. The highest BCUT2D eigenvalue weighted by Gasteiger charge is 2.22. The number of methoxy groups -OCH3 is 1. The quantitative estimate of drug-likeness (QED) is 0.399. The molecular weight excluding hydrogens is 376 g/mol. The summed E-state index contributed by atoms with van der Waals surface area (Å²) in [7, 11) is -2.77. The minimum Gasteiger partial charge on any atom is -0.497 e. The van der Waals surface area contributed by atoms with Gasteiger partial charge < -0.3 is 19.7 Å². The number of nitrogens with zero attached hydrogens (tertiary/aromatic N) is 2. The lowest BCUT2D eigenvalue weighted by Crippen LogP contribution is -2.45. The van der Waals surface area contributed by atoms with Gasteiger partial charge in [0.1, 0.15) is 24.2 Å². The van der Waals surface area contributed by atoms with Crippen LogP contribution < -0.4 is 9.47 Å². The Bertz CT molecular complexity index is 639. The Labute approximate surface area is 161 Å². The van der Waals surface area contributed by atoms with Gasteiger partial charge in [0.25, 0.3) is 0 Å². The van der Waals surface area contributed by atoms with Crippen molar-refractivity contribution >= 4 is 10.3 Å². The second-order valence-electron chi connectivity index (χ2n) is 6.07. The van der Waals surface area contributed by atoms with E-state index in [1.54, 1.807) is 43.2 Å². The van der Waals surface area contributed by atoms with Crippen molar-refractivity contribution in [2.45, 2.75) is 26.1 Å². The lowest BCUT2D eigenvalue weighted by atomic mass is 10.2. The zero-order valence-electron chi connectivity index (χ0n) is 16.0. The van der Waals surface area contributed by atoms with Crippen LogP contribution in [0.2, 0.25) is 0 Å². The fourth-order valence-electron chi connectivity index (χ4n) is 2.53. The molecule has 1 aromatic carbocycles. The Morgan fingerprint density at radius 2 is 1.52 bits per heavy atom. The molecular formula is C17H30N2O7S. The van der Waals surface area contributed by atoms with Crippen LogP contribution in [0.4, 0.5) is 0 Å². The second-order valence-corrected chi connectivity index (χ2v) is 7.49. The van der Waals surface area contributed by atoms with Crippen molar-refractivity contribution in [3.63, 3.8) is 0 Å². The molecule has 2 atom stereocenters. The van der Waals surface area contributed by atoms with Gasteiger partial charge in [-0.3, -0.25) is 9.45 Å². The Kier molecular flexibility index (Phi) is 9.99. The molecule has 0 heterocycles. The monoisotopic (exact) mass is 406 g/mol. The van der Waals surface area contributed by atoms with E-state index in [0.29, 0.717) is 18.0 Å². The van der Waals surface area contributed by atoms with E-state index in [9.17, 15) is 18.6 Å². The molecule has 0 fully saturated rings. The molecule has 0 saturated carbocycles. The van der Waals surface area contributed by atoms with E-state index in [4.69, 9.17) is 14.0 Å². The van der Waals surface area contributed by atoms with Crippen LogP contribution in [-0.4, -0.2) is 91.0 Å². The van der Waals surface area contributed by atoms with Crippen molar-refractivity contribution in [1.82, 2.24) is 9.21 Å². The van der Waals surface area contributed by atoms with E-state index in [0.717, 1.165) is 4.31 Å². The summed E-state index contributed by atoms with van der Waals surface area (Å²) in [5.74, 6) is 1.31. The average molecular weight is 407 g/mol. The number of aliphatic hydroxyl groups excluding tert-OH is 2. The van der Waals surface area contributed by atoms with Crippen molar-refractivity contribution in [1.29, 1.82) is 0 Å². The van der Waals surface area contributed by atoms with Crippen LogP contribution in [0.15, 0.2) is 24.3 Å². The van der Waals surface area contributed by atoms with Gasteiger partial charge in [-0.15, -0.1) is 0 Å². The predicted octanol–water partition coefficient (Wildman–Crippen LogP) is 0.242. The van der Waals surface area contributed by atoms with Crippen LogP contribution in [0.1, 0.15) is 13.8 Å². The lowest BCUT2D eigenvalue weighted by Gasteiger charge is -2.28. The maximum absolute atomic E-state index is 11.2. The first-order chi connectivity index (χ1) is 12.7. The molecule has 27 heavy (non-hydrogen) atoms. The third kappa shape index (κ3) is 8.87. The van der Waals surface area contributed by atoms with Gasteiger partial charge in [0.15, 0.2) is 0 Å². The van der Waals surface area contributed by atoms with Crippen molar-refractivity contribution in [3.8, 4) is 11.5 Å². The zero-order chi connectivity index (χ0) is 20.4. The molecule has 0 aliphatic carbocycles. The van der Waals surface area contributed by atoms with Gasteiger partial charge in [-0.1, -0.05) is 13.8 Å². The summed E-state index contributed by atoms with van der Waals surface area (Å²) >= 11 is 0. The SMILES string of the molecule is CCN(C[C@H](O)COc1ccc(OC)cc1)C[C@H](O)CN(CC)S(=O)(=O)O. The van der Waals surface area contributed by atoms with Crippen molar-refractivity contribution in [3.05, 3.63) is 24.3 Å². The van der Waals surface area contributed by atoms with Gasteiger partial charge in [-0.2, -0.15) is 12.7 Å². The van der Waals surface area contributed by atoms with E-state index in [-0.39, 0.29) is 32.8 Å². The molecule has 1 aromatic rings. The van der Waals surface area contributed by atoms with Crippen LogP contribution in [0.25, 0.3) is 0 Å². The lowest BCUT2D eigenvalue weighted by molar-refractivity contribution is 0.0429. The van der Waals surface area contributed by atoms with E-state index in [1.165, 1.54) is 0 Å². The first kappa shape index (κ1) is 23.6. The molecule has 0 bridgehead atoms. The summed E-state index contributed by atoms with van der Waals surface area (Å²) in [4.78, 5) is 1.78. The highest BCUT2D eigenvalue weighted by Crippen LogP contribution is 2.17. The number of ether oxygens (including phenoxy) is 2. The largest absolute Gasteiger partial charge is 0.497 e. The molecule has 9 nitrogen and oxygen atoms in total. The molecule has 0 aliphatic rings. The van der Waals surface area contributed by atoms with E-state index in [2.05, 4.69) is 0 Å². The maximum Gasteiger partial charge on any atom is 0.335 e. The Balaban J connectivity index is 2.46. The van der Waals surface area contributed by atoms with Crippen LogP contribution in [0, 0.1) is 0 Å². The molecule has 0 radical (unpaired) electrons. The van der Waals surface area contributed by atoms with Gasteiger partial charge in [0.05, 0.1) is 13.2 Å². The maximum atomic E-state index is 11.2. The fraction of sp³-hybridized carbons (Fsp3) is 0.647. The third-order valence-corrected chi connectivity index (χ3v) is 5.04. The van der Waals surface area contributed by atoms with Gasteiger partial charge in [-0.25, -0.2) is 0 Å². The molecule has 0 aliphatic heterocycles. The summed E-state index contributed by atoms with van der Waals surface area (Å²) < 4.78 is 42.8. The van der Waals surface area contributed by atoms with E-state index in [1.807, 2.05) is 6.92 Å². The molecule has 10 heteroatoms. The summed E-state index contributed by atoms with van der Waals surface area (Å²) in [5.41, 5.74) is 0. The van der Waals surface area contributed by atoms with Gasteiger partial charge in [0, 0.05) is 26.2 Å². The zero-order valence-corrected chi connectivity index (χ0v) is 16.8. The van der Waals surface area contributed by atoms with Crippen LogP contribution in [0.5, 0.6) is 11.5 Å². The molecule has 0 saturated heterocycles. The Morgan fingerprint density at radius 1 is 0.963 bits per heavy atom. The Hall–Kier alpha value is -1.43. The number of rotatable bonds is 13. The minimum atomic E-state index is -4.34. The first-order valence-electron chi connectivity index (χ1n) is 8.77. The predicted molar refractivity (Wildman–Crippen MR) is 101 cm³/mol. The number of aliphatic hydroxyl groups is 2. The molecule has 0 spiro atoms. The van der Waals surface area contributed by atoms with E-state index >= 15 is 0 Å². The highest BCUT2D eigenvalue weighted by atomic mass is 32.2. The van der Waals surface area contributed by atoms with E-state index < -0.39 is 22.5 Å². The van der Waals surface area contributed by atoms with Crippen molar-refractivity contribution in [2.75, 3.05) is 46.4 Å².